The van der Waals surface area contributed by atoms with E-state index in [9.17, 15) is 9.50 Å². The average molecular weight is 323 g/mol. The fourth-order valence-electron chi connectivity index (χ4n) is 2.40. The van der Waals surface area contributed by atoms with Gasteiger partial charge >= 0.3 is 0 Å². The first-order valence-corrected chi connectivity index (χ1v) is 8.97. The lowest BCUT2D eigenvalue weighted by atomic mass is 10.0. The number of thioether (sulfide) groups is 1. The lowest BCUT2D eigenvalue weighted by Gasteiger charge is -2.21. The van der Waals surface area contributed by atoms with Crippen molar-refractivity contribution in [1.82, 2.24) is 5.32 Å². The quantitative estimate of drug-likeness (QED) is 0.883. The molecule has 2 N–H and O–H groups in total. The molecule has 2 aromatic rings. The van der Waals surface area contributed by atoms with Crippen LogP contribution in [0.5, 0.6) is 0 Å². The molecule has 1 fully saturated rings. The number of nitrogens with one attached hydrogen (secondary N) is 1. The van der Waals surface area contributed by atoms with Gasteiger partial charge in [0.1, 0.15) is 5.82 Å². The van der Waals surface area contributed by atoms with E-state index < -0.39 is 5.60 Å². The molecule has 0 aliphatic carbocycles. The van der Waals surface area contributed by atoms with Crippen molar-refractivity contribution in [2.75, 3.05) is 18.1 Å². The van der Waals surface area contributed by atoms with Gasteiger partial charge in [-0.2, -0.15) is 11.8 Å². The molecule has 21 heavy (non-hydrogen) atoms. The molecule has 0 spiro atoms. The summed E-state index contributed by atoms with van der Waals surface area (Å²) in [4.78, 5) is 2.37. The van der Waals surface area contributed by atoms with Crippen molar-refractivity contribution in [3.8, 4) is 10.4 Å². The van der Waals surface area contributed by atoms with Gasteiger partial charge in [0.05, 0.1) is 5.60 Å². The van der Waals surface area contributed by atoms with Gasteiger partial charge in [0, 0.05) is 28.6 Å². The van der Waals surface area contributed by atoms with E-state index in [0.29, 0.717) is 6.54 Å². The highest BCUT2D eigenvalue weighted by atomic mass is 32.2. The summed E-state index contributed by atoms with van der Waals surface area (Å²) in [5.41, 5.74) is 0.500. The second kappa shape index (κ2) is 6.48. The number of thiophene rings is 1. The maximum absolute atomic E-state index is 12.9. The van der Waals surface area contributed by atoms with Crippen LogP contribution in [0, 0.1) is 5.82 Å². The van der Waals surface area contributed by atoms with Crippen LogP contribution < -0.4 is 5.32 Å². The molecule has 0 amide bonds. The Bertz CT molecular complexity index is 591. The van der Waals surface area contributed by atoms with Gasteiger partial charge in [-0.25, -0.2) is 4.39 Å². The van der Waals surface area contributed by atoms with Crippen LogP contribution in [0.3, 0.4) is 0 Å². The molecule has 2 heterocycles. The molecule has 0 radical (unpaired) electrons. The van der Waals surface area contributed by atoms with Crippen LogP contribution in [0.15, 0.2) is 36.4 Å². The number of hydrogen-bond donors (Lipinski definition) is 2. The maximum atomic E-state index is 12.9. The number of aliphatic hydroxyl groups is 1. The zero-order chi connectivity index (χ0) is 14.7. The summed E-state index contributed by atoms with van der Waals surface area (Å²) < 4.78 is 12.9. The summed E-state index contributed by atoms with van der Waals surface area (Å²) in [5.74, 6) is 1.66. The third kappa shape index (κ3) is 3.86. The highest BCUT2D eigenvalue weighted by Gasteiger charge is 2.30. The van der Waals surface area contributed by atoms with Crippen LogP contribution in [0.4, 0.5) is 4.39 Å². The summed E-state index contributed by atoms with van der Waals surface area (Å²) in [6.45, 7) is 1.41. The van der Waals surface area contributed by atoms with Crippen LogP contribution in [0.2, 0.25) is 0 Å². The Kier molecular flexibility index (Phi) is 4.64. The topological polar surface area (TPSA) is 32.3 Å². The Labute approximate surface area is 132 Å². The Balaban J connectivity index is 1.56. The van der Waals surface area contributed by atoms with Crippen molar-refractivity contribution in [2.24, 2.45) is 0 Å². The van der Waals surface area contributed by atoms with Gasteiger partial charge in [0.15, 0.2) is 0 Å². The van der Waals surface area contributed by atoms with E-state index in [1.54, 1.807) is 23.5 Å². The Morgan fingerprint density at radius 1 is 1.19 bits per heavy atom. The molecule has 3 rings (SSSR count). The standard InChI is InChI=1S/C16H18FNOS2/c17-13-3-1-12(2-4-13)15-6-5-14(21-15)9-18-10-16(19)7-8-20-11-16/h1-6,18-19H,7-11H2. The zero-order valence-electron chi connectivity index (χ0n) is 11.6. The lowest BCUT2D eigenvalue weighted by molar-refractivity contribution is 0.0675. The van der Waals surface area contributed by atoms with Crippen LogP contribution in [-0.4, -0.2) is 28.8 Å². The number of halogens is 1. The van der Waals surface area contributed by atoms with Crippen LogP contribution in [0.25, 0.3) is 10.4 Å². The summed E-state index contributed by atoms with van der Waals surface area (Å²) in [6, 6.07) is 10.7. The van der Waals surface area contributed by atoms with E-state index >= 15 is 0 Å². The number of rotatable bonds is 5. The van der Waals surface area contributed by atoms with Crippen molar-refractivity contribution in [3.63, 3.8) is 0 Å². The van der Waals surface area contributed by atoms with Gasteiger partial charge in [-0.05, 0) is 42.0 Å². The molecule has 1 saturated heterocycles. The van der Waals surface area contributed by atoms with Crippen molar-refractivity contribution >= 4 is 23.1 Å². The minimum atomic E-state index is -0.540. The molecule has 1 atom stereocenters. The molecule has 2 nitrogen and oxygen atoms in total. The first-order chi connectivity index (χ1) is 10.1. The van der Waals surface area contributed by atoms with Crippen molar-refractivity contribution in [1.29, 1.82) is 0 Å². The van der Waals surface area contributed by atoms with E-state index in [-0.39, 0.29) is 5.82 Å². The van der Waals surface area contributed by atoms with E-state index in [1.807, 2.05) is 11.8 Å². The SMILES string of the molecule is OC1(CNCc2ccc(-c3ccc(F)cc3)s2)CCSC1. The smallest absolute Gasteiger partial charge is 0.123 e. The summed E-state index contributed by atoms with van der Waals surface area (Å²) in [7, 11) is 0. The predicted molar refractivity (Wildman–Crippen MR) is 88.3 cm³/mol. The molecule has 1 aliphatic heterocycles. The summed E-state index contributed by atoms with van der Waals surface area (Å²) >= 11 is 3.51. The second-order valence-electron chi connectivity index (χ2n) is 5.40. The largest absolute Gasteiger partial charge is 0.388 e. The van der Waals surface area contributed by atoms with E-state index in [4.69, 9.17) is 0 Å². The van der Waals surface area contributed by atoms with Crippen molar-refractivity contribution < 1.29 is 9.50 Å². The van der Waals surface area contributed by atoms with Crippen molar-refractivity contribution in [2.45, 2.75) is 18.6 Å². The van der Waals surface area contributed by atoms with Crippen molar-refractivity contribution in [3.05, 3.63) is 47.1 Å². The molecule has 1 aromatic carbocycles. The van der Waals surface area contributed by atoms with Crippen LogP contribution >= 0.6 is 23.1 Å². The molecule has 0 bridgehead atoms. The molecule has 112 valence electrons. The zero-order valence-corrected chi connectivity index (χ0v) is 13.3. The first-order valence-electron chi connectivity index (χ1n) is 7.00. The first kappa shape index (κ1) is 15.0. The van der Waals surface area contributed by atoms with Gasteiger partial charge in [-0.15, -0.1) is 11.3 Å². The summed E-state index contributed by atoms with van der Waals surface area (Å²) in [5, 5.41) is 13.6. The Morgan fingerprint density at radius 2 is 2.00 bits per heavy atom. The molecule has 0 saturated carbocycles. The molecular weight excluding hydrogens is 305 g/mol. The highest BCUT2D eigenvalue weighted by molar-refractivity contribution is 7.99. The molecule has 1 aliphatic rings. The number of benzene rings is 1. The fraction of sp³-hybridized carbons (Fsp3) is 0.375. The second-order valence-corrected chi connectivity index (χ2v) is 7.68. The molecule has 1 unspecified atom stereocenters. The maximum Gasteiger partial charge on any atom is 0.123 e. The normalized spacial score (nSPS) is 21.8. The monoisotopic (exact) mass is 323 g/mol. The van der Waals surface area contributed by atoms with Gasteiger partial charge in [-0.1, -0.05) is 12.1 Å². The average Bonchev–Trinajstić information content (AvgIpc) is 3.10. The fourth-order valence-corrected chi connectivity index (χ4v) is 4.67. The highest BCUT2D eigenvalue weighted by Crippen LogP contribution is 2.29. The molecular formula is C16H18FNOS2. The summed E-state index contributed by atoms with van der Waals surface area (Å²) in [6.07, 6.45) is 0.871. The predicted octanol–water partition coefficient (Wildman–Crippen LogP) is 3.51. The third-order valence-electron chi connectivity index (χ3n) is 3.63. The van der Waals surface area contributed by atoms with Gasteiger partial charge in [-0.3, -0.25) is 0 Å². The van der Waals surface area contributed by atoms with Crippen LogP contribution in [0.1, 0.15) is 11.3 Å². The van der Waals surface area contributed by atoms with E-state index in [1.165, 1.54) is 17.0 Å². The Hall–Kier alpha value is -0.880. The Morgan fingerprint density at radius 3 is 2.71 bits per heavy atom. The lowest BCUT2D eigenvalue weighted by Crippen LogP contribution is -2.40. The third-order valence-corrected chi connectivity index (χ3v) is 5.99. The number of hydrogen-bond acceptors (Lipinski definition) is 4. The van der Waals surface area contributed by atoms with Gasteiger partial charge in [0.25, 0.3) is 0 Å². The van der Waals surface area contributed by atoms with Crippen LogP contribution in [-0.2, 0) is 6.54 Å². The molecule has 1 aromatic heterocycles. The van der Waals surface area contributed by atoms with Gasteiger partial charge in [0.2, 0.25) is 0 Å². The molecule has 5 heteroatoms. The van der Waals surface area contributed by atoms with E-state index in [0.717, 1.165) is 34.9 Å². The van der Waals surface area contributed by atoms with E-state index in [2.05, 4.69) is 17.4 Å². The minimum absolute atomic E-state index is 0.208. The minimum Gasteiger partial charge on any atom is -0.388 e. The van der Waals surface area contributed by atoms with Gasteiger partial charge < -0.3 is 10.4 Å².